The molecule has 0 spiro atoms. The Kier molecular flexibility index (Phi) is 7.77. The van der Waals surface area contributed by atoms with Crippen molar-refractivity contribution in [3.8, 4) is 11.4 Å². The number of thioether (sulfide) groups is 1. The van der Waals surface area contributed by atoms with E-state index in [4.69, 9.17) is 4.74 Å². The molecule has 162 valence electrons. The summed E-state index contributed by atoms with van der Waals surface area (Å²) in [5.41, 5.74) is 1.26. The highest BCUT2D eigenvalue weighted by Crippen LogP contribution is 2.25. The van der Waals surface area contributed by atoms with Crippen molar-refractivity contribution >= 4 is 23.5 Å². The van der Waals surface area contributed by atoms with Gasteiger partial charge in [0.2, 0.25) is 5.91 Å². The Labute approximate surface area is 184 Å². The molecule has 1 heterocycles. The van der Waals surface area contributed by atoms with Crippen LogP contribution in [0.3, 0.4) is 0 Å². The summed E-state index contributed by atoms with van der Waals surface area (Å²) >= 11 is 1.25. The number of rotatable bonds is 10. The van der Waals surface area contributed by atoms with E-state index in [9.17, 15) is 14.0 Å². The highest BCUT2D eigenvalue weighted by Gasteiger charge is 2.17. The van der Waals surface area contributed by atoms with Crippen molar-refractivity contribution in [1.29, 1.82) is 0 Å². The third kappa shape index (κ3) is 6.14. The summed E-state index contributed by atoms with van der Waals surface area (Å²) in [6.07, 6.45) is 0.478. The molecule has 3 rings (SSSR count). The van der Waals surface area contributed by atoms with Crippen LogP contribution < -0.4 is 10.1 Å². The smallest absolute Gasteiger partial charge is 0.216 e. The Bertz CT molecular complexity index is 1040. The van der Waals surface area contributed by atoms with E-state index >= 15 is 0 Å². The van der Waals surface area contributed by atoms with Crippen LogP contribution >= 0.6 is 11.8 Å². The number of hydrogen-bond donors (Lipinski definition) is 1. The number of amides is 1. The van der Waals surface area contributed by atoms with Crippen molar-refractivity contribution in [2.75, 3.05) is 18.9 Å². The third-order valence-corrected chi connectivity index (χ3v) is 5.26. The molecule has 0 bridgehead atoms. The first-order chi connectivity index (χ1) is 15.0. The summed E-state index contributed by atoms with van der Waals surface area (Å²) in [4.78, 5) is 23.7. The van der Waals surface area contributed by atoms with E-state index in [0.717, 1.165) is 11.4 Å². The van der Waals surface area contributed by atoms with Gasteiger partial charge in [-0.05, 0) is 55.5 Å². The van der Waals surface area contributed by atoms with Gasteiger partial charge in [0.05, 0.1) is 12.4 Å². The van der Waals surface area contributed by atoms with Crippen LogP contribution in [0.15, 0.2) is 53.7 Å². The molecule has 3 aromatic rings. The molecule has 0 fully saturated rings. The van der Waals surface area contributed by atoms with Gasteiger partial charge in [0, 0.05) is 31.1 Å². The van der Waals surface area contributed by atoms with E-state index in [-0.39, 0.29) is 23.3 Å². The highest BCUT2D eigenvalue weighted by molar-refractivity contribution is 7.99. The van der Waals surface area contributed by atoms with Crippen LogP contribution in [0.25, 0.3) is 5.69 Å². The zero-order chi connectivity index (χ0) is 22.2. The van der Waals surface area contributed by atoms with Gasteiger partial charge in [-0.25, -0.2) is 4.39 Å². The largest absolute Gasteiger partial charge is 0.494 e. The summed E-state index contributed by atoms with van der Waals surface area (Å²) in [5, 5.41) is 11.8. The average Bonchev–Trinajstić information content (AvgIpc) is 3.16. The van der Waals surface area contributed by atoms with Gasteiger partial charge in [-0.1, -0.05) is 11.8 Å². The number of nitrogens with zero attached hydrogens (tertiary/aromatic N) is 3. The van der Waals surface area contributed by atoms with E-state index < -0.39 is 0 Å². The Morgan fingerprint density at radius 1 is 1.10 bits per heavy atom. The second-order valence-corrected chi connectivity index (χ2v) is 7.56. The monoisotopic (exact) mass is 442 g/mol. The van der Waals surface area contributed by atoms with Crippen molar-refractivity contribution in [1.82, 2.24) is 20.1 Å². The highest BCUT2D eigenvalue weighted by atomic mass is 32.2. The zero-order valence-electron chi connectivity index (χ0n) is 17.3. The van der Waals surface area contributed by atoms with Crippen LogP contribution in [0, 0.1) is 5.82 Å². The van der Waals surface area contributed by atoms with Gasteiger partial charge in [-0.2, -0.15) is 0 Å². The first kappa shape index (κ1) is 22.5. The quantitative estimate of drug-likeness (QED) is 0.382. The molecular weight excluding hydrogens is 419 g/mol. The minimum absolute atomic E-state index is 0.119. The molecule has 0 aliphatic rings. The number of benzene rings is 2. The lowest BCUT2D eigenvalue weighted by Crippen LogP contribution is -2.23. The molecule has 0 atom stereocenters. The first-order valence-corrected chi connectivity index (χ1v) is 10.8. The summed E-state index contributed by atoms with van der Waals surface area (Å²) in [6, 6.07) is 13.0. The maximum atomic E-state index is 13.1. The second-order valence-electron chi connectivity index (χ2n) is 6.61. The average molecular weight is 443 g/mol. The molecule has 1 amide bonds. The maximum Gasteiger partial charge on any atom is 0.216 e. The van der Waals surface area contributed by atoms with Gasteiger partial charge in [-0.3, -0.25) is 14.2 Å². The second kappa shape index (κ2) is 10.7. The molecule has 2 aromatic carbocycles. The van der Waals surface area contributed by atoms with Crippen LogP contribution in [0.4, 0.5) is 4.39 Å². The fourth-order valence-electron chi connectivity index (χ4n) is 2.87. The molecule has 0 radical (unpaired) electrons. The van der Waals surface area contributed by atoms with Crippen molar-refractivity contribution in [3.05, 3.63) is 65.7 Å². The van der Waals surface area contributed by atoms with Gasteiger partial charge in [0.1, 0.15) is 17.4 Å². The molecule has 0 aliphatic heterocycles. The number of Topliss-reactive ketones (excluding diaryl/α,β-unsaturated/α-hetero) is 1. The minimum Gasteiger partial charge on any atom is -0.494 e. The Morgan fingerprint density at radius 3 is 2.45 bits per heavy atom. The number of carbonyl (C=O) groups is 2. The van der Waals surface area contributed by atoms with Crippen molar-refractivity contribution < 1.29 is 18.7 Å². The number of aromatic nitrogens is 3. The lowest BCUT2D eigenvalue weighted by molar-refractivity contribution is -0.118. The number of ketones is 1. The molecule has 1 aromatic heterocycles. The standard InChI is InChI=1S/C22H23FN4O3S/c1-3-30-19-10-8-18(9-11-19)27-21(12-13-24-15(2)28)25-26-22(27)31-14-20(29)16-4-6-17(23)7-5-16/h4-11H,3,12-14H2,1-2H3,(H,24,28). The SMILES string of the molecule is CCOc1ccc(-n2c(CCNC(C)=O)nnc2SCC(=O)c2ccc(F)cc2)cc1. The number of carbonyl (C=O) groups excluding carboxylic acids is 2. The minimum atomic E-state index is -0.386. The fourth-order valence-corrected chi connectivity index (χ4v) is 3.74. The van der Waals surface area contributed by atoms with Crippen LogP contribution in [0.1, 0.15) is 30.0 Å². The molecule has 0 unspecified atom stereocenters. The van der Waals surface area contributed by atoms with Gasteiger partial charge in [0.25, 0.3) is 0 Å². The number of nitrogens with one attached hydrogen (secondary N) is 1. The number of halogens is 1. The van der Waals surface area contributed by atoms with E-state index in [2.05, 4.69) is 15.5 Å². The predicted octanol–water partition coefficient (Wildman–Crippen LogP) is 3.46. The van der Waals surface area contributed by atoms with Crippen LogP contribution in [-0.2, 0) is 11.2 Å². The number of hydrogen-bond acceptors (Lipinski definition) is 6. The molecule has 1 N–H and O–H groups in total. The molecule has 0 saturated carbocycles. The Morgan fingerprint density at radius 2 is 1.81 bits per heavy atom. The van der Waals surface area contributed by atoms with Crippen molar-refractivity contribution in [2.24, 2.45) is 0 Å². The lowest BCUT2D eigenvalue weighted by Gasteiger charge is -2.11. The van der Waals surface area contributed by atoms with Crippen LogP contribution in [-0.4, -0.2) is 45.4 Å². The number of ether oxygens (including phenoxy) is 1. The van der Waals surface area contributed by atoms with E-state index in [1.807, 2.05) is 35.8 Å². The fraction of sp³-hybridized carbons (Fsp3) is 0.273. The Balaban J connectivity index is 1.81. The van der Waals surface area contributed by atoms with Gasteiger partial charge in [-0.15, -0.1) is 10.2 Å². The maximum absolute atomic E-state index is 13.1. The van der Waals surface area contributed by atoms with Gasteiger partial charge in [0.15, 0.2) is 10.9 Å². The van der Waals surface area contributed by atoms with Crippen molar-refractivity contribution in [3.63, 3.8) is 0 Å². The van der Waals surface area contributed by atoms with E-state index in [1.165, 1.54) is 43.0 Å². The zero-order valence-corrected chi connectivity index (χ0v) is 18.1. The van der Waals surface area contributed by atoms with Gasteiger partial charge < -0.3 is 10.1 Å². The molecule has 9 heteroatoms. The normalized spacial score (nSPS) is 10.7. The topological polar surface area (TPSA) is 86.1 Å². The molecular formula is C22H23FN4O3S. The van der Waals surface area contributed by atoms with Crippen molar-refractivity contribution in [2.45, 2.75) is 25.4 Å². The molecule has 31 heavy (non-hydrogen) atoms. The predicted molar refractivity (Wildman–Crippen MR) is 116 cm³/mol. The van der Waals surface area contributed by atoms with Gasteiger partial charge >= 0.3 is 0 Å². The molecule has 0 saturated heterocycles. The molecule has 0 aliphatic carbocycles. The Hall–Kier alpha value is -3.20. The summed E-state index contributed by atoms with van der Waals surface area (Å²) < 4.78 is 20.5. The summed E-state index contributed by atoms with van der Waals surface area (Å²) in [5.74, 6) is 0.905. The van der Waals surface area contributed by atoms with Crippen LogP contribution in [0.5, 0.6) is 5.75 Å². The van der Waals surface area contributed by atoms with E-state index in [1.54, 1.807) is 0 Å². The summed E-state index contributed by atoms with van der Waals surface area (Å²) in [7, 11) is 0. The first-order valence-electron chi connectivity index (χ1n) is 9.81. The van der Waals surface area contributed by atoms with Crippen LogP contribution in [0.2, 0.25) is 0 Å². The summed E-state index contributed by atoms with van der Waals surface area (Å²) in [6.45, 7) is 4.37. The molecule has 7 nitrogen and oxygen atoms in total. The lowest BCUT2D eigenvalue weighted by atomic mass is 10.1. The third-order valence-electron chi connectivity index (χ3n) is 4.33. The van der Waals surface area contributed by atoms with E-state index in [0.29, 0.717) is 36.1 Å².